The van der Waals surface area contributed by atoms with Crippen molar-refractivity contribution in [3.8, 4) is 5.88 Å². The Morgan fingerprint density at radius 1 is 1.35 bits per heavy atom. The first-order valence-corrected chi connectivity index (χ1v) is 5.26. The summed E-state index contributed by atoms with van der Waals surface area (Å²) >= 11 is 0. The molecule has 0 aliphatic carbocycles. The van der Waals surface area contributed by atoms with E-state index in [1.54, 1.807) is 0 Å². The van der Waals surface area contributed by atoms with E-state index in [1.165, 1.54) is 18.6 Å². The highest BCUT2D eigenvalue weighted by Gasteiger charge is 2.57. The molecule has 0 amide bonds. The summed E-state index contributed by atoms with van der Waals surface area (Å²) in [7, 11) is 0. The minimum absolute atomic E-state index is 0.0694. The lowest BCUT2D eigenvalue weighted by atomic mass is 9.93. The van der Waals surface area contributed by atoms with Gasteiger partial charge in [0.1, 0.15) is 0 Å². The number of halogens is 3. The Balaban J connectivity index is 2.22. The van der Waals surface area contributed by atoms with Gasteiger partial charge in [-0.1, -0.05) is 0 Å². The minimum atomic E-state index is -4.43. The zero-order valence-corrected chi connectivity index (χ0v) is 9.00. The van der Waals surface area contributed by atoms with E-state index in [-0.39, 0.29) is 18.8 Å². The van der Waals surface area contributed by atoms with E-state index in [0.717, 1.165) is 0 Å². The van der Waals surface area contributed by atoms with E-state index < -0.39 is 11.8 Å². The van der Waals surface area contributed by atoms with Crippen molar-refractivity contribution in [3.63, 3.8) is 0 Å². The molecule has 4 nitrogen and oxygen atoms in total. The molecule has 1 N–H and O–H groups in total. The monoisotopic (exact) mass is 247 g/mol. The van der Waals surface area contributed by atoms with Crippen molar-refractivity contribution in [3.05, 3.63) is 18.6 Å². The maximum absolute atomic E-state index is 13.1. The van der Waals surface area contributed by atoms with E-state index in [1.807, 2.05) is 0 Å². The van der Waals surface area contributed by atoms with Gasteiger partial charge in [0.15, 0.2) is 0 Å². The average molecular weight is 247 g/mol. The molecule has 1 aromatic heterocycles. The molecule has 0 aromatic carbocycles. The molecule has 1 aliphatic heterocycles. The van der Waals surface area contributed by atoms with Gasteiger partial charge in [-0.15, -0.1) is 0 Å². The highest BCUT2D eigenvalue weighted by atomic mass is 19.4. The van der Waals surface area contributed by atoms with E-state index in [9.17, 15) is 13.2 Å². The zero-order valence-electron chi connectivity index (χ0n) is 9.00. The van der Waals surface area contributed by atoms with Gasteiger partial charge in [0.2, 0.25) is 11.5 Å². The first-order valence-electron chi connectivity index (χ1n) is 5.26. The molecule has 17 heavy (non-hydrogen) atoms. The van der Waals surface area contributed by atoms with Gasteiger partial charge in [0.05, 0.1) is 6.20 Å². The van der Waals surface area contributed by atoms with Crippen LogP contribution in [0.4, 0.5) is 13.2 Å². The Labute approximate surface area is 96.2 Å². The number of hydrogen-bond acceptors (Lipinski definition) is 4. The van der Waals surface area contributed by atoms with E-state index >= 15 is 0 Å². The number of aromatic nitrogens is 2. The third-order valence-corrected chi connectivity index (χ3v) is 2.70. The second kappa shape index (κ2) is 4.48. The Bertz CT molecular complexity index is 363. The lowest BCUT2D eigenvalue weighted by molar-refractivity contribution is -0.253. The summed E-state index contributed by atoms with van der Waals surface area (Å²) in [4.78, 5) is 7.41. The van der Waals surface area contributed by atoms with Crippen molar-refractivity contribution in [2.75, 3.05) is 13.1 Å². The van der Waals surface area contributed by atoms with Crippen LogP contribution in [0.2, 0.25) is 0 Å². The normalized spacial score (nSPS) is 25.6. The second-order valence-corrected chi connectivity index (χ2v) is 3.92. The largest absolute Gasteiger partial charge is 0.459 e. The number of nitrogens with one attached hydrogen (secondary N) is 1. The summed E-state index contributed by atoms with van der Waals surface area (Å²) in [5.74, 6) is -0.103. The van der Waals surface area contributed by atoms with Gasteiger partial charge in [-0.2, -0.15) is 13.2 Å². The van der Waals surface area contributed by atoms with Crippen molar-refractivity contribution in [2.45, 2.75) is 24.6 Å². The number of alkyl halides is 3. The molecule has 0 spiro atoms. The Morgan fingerprint density at radius 2 is 2.18 bits per heavy atom. The summed E-state index contributed by atoms with van der Waals surface area (Å²) in [5, 5.41) is 2.71. The van der Waals surface area contributed by atoms with Gasteiger partial charge in [0.25, 0.3) is 0 Å². The third kappa shape index (κ3) is 2.49. The van der Waals surface area contributed by atoms with Crippen LogP contribution >= 0.6 is 0 Å². The van der Waals surface area contributed by atoms with Crippen LogP contribution in [-0.4, -0.2) is 34.8 Å². The first kappa shape index (κ1) is 12.1. The lowest BCUT2D eigenvalue weighted by Crippen LogP contribution is -2.59. The van der Waals surface area contributed by atoms with Crippen molar-refractivity contribution >= 4 is 0 Å². The highest BCUT2D eigenvalue weighted by Crippen LogP contribution is 2.38. The predicted molar refractivity (Wildman–Crippen MR) is 53.5 cm³/mol. The average Bonchev–Trinajstić information content (AvgIpc) is 2.30. The SMILES string of the molecule is FC(F)(F)C1(Oc2cnccn2)CCCNC1. The Morgan fingerprint density at radius 3 is 2.71 bits per heavy atom. The van der Waals surface area contributed by atoms with Crippen LogP contribution in [0.1, 0.15) is 12.8 Å². The molecule has 0 bridgehead atoms. The zero-order chi connectivity index (χ0) is 12.4. The first-order chi connectivity index (χ1) is 8.04. The fraction of sp³-hybridized carbons (Fsp3) is 0.600. The summed E-state index contributed by atoms with van der Waals surface area (Å²) < 4.78 is 44.3. The van der Waals surface area contributed by atoms with Crippen molar-refractivity contribution in [1.29, 1.82) is 0 Å². The van der Waals surface area contributed by atoms with Gasteiger partial charge < -0.3 is 10.1 Å². The molecule has 1 unspecified atom stereocenters. The van der Waals surface area contributed by atoms with E-state index in [4.69, 9.17) is 4.74 Å². The molecular formula is C10H12F3N3O. The molecule has 1 atom stereocenters. The number of rotatable bonds is 2. The lowest BCUT2D eigenvalue weighted by Gasteiger charge is -2.38. The van der Waals surface area contributed by atoms with Gasteiger partial charge in [-0.3, -0.25) is 4.98 Å². The topological polar surface area (TPSA) is 47.0 Å². The number of ether oxygens (including phenoxy) is 1. The van der Waals surface area contributed by atoms with E-state index in [2.05, 4.69) is 15.3 Å². The summed E-state index contributed by atoms with van der Waals surface area (Å²) in [6.45, 7) is 0.314. The fourth-order valence-corrected chi connectivity index (χ4v) is 1.80. The molecule has 1 aromatic rings. The Hall–Kier alpha value is -1.37. The molecule has 0 radical (unpaired) electrons. The molecule has 94 valence electrons. The minimum Gasteiger partial charge on any atom is -0.459 e. The smallest absolute Gasteiger partial charge is 0.429 e. The molecule has 2 heterocycles. The van der Waals surface area contributed by atoms with Crippen LogP contribution in [0.5, 0.6) is 5.88 Å². The number of hydrogen-bond donors (Lipinski definition) is 1. The predicted octanol–water partition coefficient (Wildman–Crippen LogP) is 1.54. The maximum Gasteiger partial charge on any atom is 0.429 e. The molecule has 7 heteroatoms. The van der Waals surface area contributed by atoms with E-state index in [0.29, 0.717) is 13.0 Å². The van der Waals surface area contributed by atoms with Gasteiger partial charge in [-0.05, 0) is 19.4 Å². The van der Waals surface area contributed by atoms with Crippen molar-refractivity contribution in [1.82, 2.24) is 15.3 Å². The molecule has 1 saturated heterocycles. The highest BCUT2D eigenvalue weighted by molar-refractivity contribution is 5.07. The summed E-state index contributed by atoms with van der Waals surface area (Å²) in [6.07, 6.45) is -0.220. The van der Waals surface area contributed by atoms with Gasteiger partial charge in [-0.25, -0.2) is 4.98 Å². The van der Waals surface area contributed by atoms with Crippen LogP contribution in [0.3, 0.4) is 0 Å². The molecule has 0 saturated carbocycles. The van der Waals surface area contributed by atoms with Crippen molar-refractivity contribution < 1.29 is 17.9 Å². The van der Waals surface area contributed by atoms with Crippen molar-refractivity contribution in [2.24, 2.45) is 0 Å². The fourth-order valence-electron chi connectivity index (χ4n) is 1.80. The van der Waals surface area contributed by atoms with Crippen LogP contribution < -0.4 is 10.1 Å². The van der Waals surface area contributed by atoms with Crippen LogP contribution in [0.15, 0.2) is 18.6 Å². The summed E-state index contributed by atoms with van der Waals surface area (Å²) in [5.41, 5.74) is -2.19. The third-order valence-electron chi connectivity index (χ3n) is 2.70. The van der Waals surface area contributed by atoms with Gasteiger partial charge in [0, 0.05) is 18.9 Å². The van der Waals surface area contributed by atoms with Gasteiger partial charge >= 0.3 is 6.18 Å². The van der Waals surface area contributed by atoms with Crippen LogP contribution in [0, 0.1) is 0 Å². The standard InChI is InChI=1S/C10H12F3N3O/c11-10(12,13)9(2-1-3-15-7-9)17-8-6-14-4-5-16-8/h4-6,15H,1-3,7H2. The van der Waals surface area contributed by atoms with Crippen LogP contribution in [0.25, 0.3) is 0 Å². The molecule has 1 aliphatic rings. The Kier molecular flexibility index (Phi) is 3.19. The molecule has 1 fully saturated rings. The van der Waals surface area contributed by atoms with Crippen LogP contribution in [-0.2, 0) is 0 Å². The maximum atomic E-state index is 13.1. The quantitative estimate of drug-likeness (QED) is 0.861. The second-order valence-electron chi connectivity index (χ2n) is 3.92. The number of piperidine rings is 1. The molecule has 2 rings (SSSR count). The number of nitrogens with zero attached hydrogens (tertiary/aromatic N) is 2. The molecular weight excluding hydrogens is 235 g/mol. The summed E-state index contributed by atoms with van der Waals surface area (Å²) in [6, 6.07) is 0.